The summed E-state index contributed by atoms with van der Waals surface area (Å²) in [6.45, 7) is 7.11. The zero-order valence-electron chi connectivity index (χ0n) is 17.0. The van der Waals surface area contributed by atoms with Gasteiger partial charge in [0.15, 0.2) is 12.7 Å². The molecule has 0 radical (unpaired) electrons. The van der Waals surface area contributed by atoms with Crippen LogP contribution in [0.15, 0.2) is 48.5 Å². The van der Waals surface area contributed by atoms with E-state index in [1.54, 1.807) is 30.3 Å². The SMILES string of the molecule is Cc1ccc(C(C)C)cc1OCC(=O)O[C@@H](C)C(=O)NNC(=O)c1ccccc1. The first-order valence-electron chi connectivity index (χ1n) is 9.36. The van der Waals surface area contributed by atoms with E-state index in [0.29, 0.717) is 17.2 Å². The number of aryl methyl sites for hydroxylation is 1. The first-order chi connectivity index (χ1) is 13.8. The summed E-state index contributed by atoms with van der Waals surface area (Å²) in [5.41, 5.74) is 6.90. The Bertz CT molecular complexity index is 865. The average Bonchev–Trinajstić information content (AvgIpc) is 2.71. The van der Waals surface area contributed by atoms with Gasteiger partial charge in [-0.05, 0) is 49.1 Å². The Hall–Kier alpha value is -3.35. The molecule has 154 valence electrons. The summed E-state index contributed by atoms with van der Waals surface area (Å²) >= 11 is 0. The van der Waals surface area contributed by atoms with E-state index >= 15 is 0 Å². The lowest BCUT2D eigenvalue weighted by atomic mass is 10.0. The molecule has 2 aromatic carbocycles. The molecule has 0 saturated carbocycles. The zero-order chi connectivity index (χ0) is 21.4. The van der Waals surface area contributed by atoms with E-state index < -0.39 is 23.9 Å². The fraction of sp³-hybridized carbons (Fsp3) is 0.318. The first-order valence-corrected chi connectivity index (χ1v) is 9.36. The predicted octanol–water partition coefficient (Wildman–Crippen LogP) is 2.89. The second kappa shape index (κ2) is 10.3. The number of hydrazine groups is 1. The van der Waals surface area contributed by atoms with Crippen molar-refractivity contribution >= 4 is 17.8 Å². The van der Waals surface area contributed by atoms with E-state index in [2.05, 4.69) is 24.7 Å². The highest BCUT2D eigenvalue weighted by Gasteiger charge is 2.19. The fourth-order valence-corrected chi connectivity index (χ4v) is 2.43. The van der Waals surface area contributed by atoms with Crippen LogP contribution in [-0.4, -0.2) is 30.5 Å². The minimum Gasteiger partial charge on any atom is -0.482 e. The standard InChI is InChI=1S/C22H26N2O5/c1-14(2)18-11-10-15(3)19(12-18)28-13-20(25)29-16(4)21(26)23-24-22(27)17-8-6-5-7-9-17/h5-12,14,16H,13H2,1-4H3,(H,23,26)(H,24,27)/t16-/m0/s1. The number of rotatable bonds is 7. The lowest BCUT2D eigenvalue weighted by molar-refractivity contribution is -0.156. The number of nitrogens with one attached hydrogen (secondary N) is 2. The van der Waals surface area contributed by atoms with Crippen LogP contribution in [0.3, 0.4) is 0 Å². The quantitative estimate of drug-likeness (QED) is 0.553. The molecule has 7 nitrogen and oxygen atoms in total. The molecule has 0 aliphatic carbocycles. The van der Waals surface area contributed by atoms with Crippen molar-refractivity contribution < 1.29 is 23.9 Å². The molecule has 2 N–H and O–H groups in total. The highest BCUT2D eigenvalue weighted by Crippen LogP contribution is 2.24. The second-order valence-corrected chi connectivity index (χ2v) is 6.91. The Morgan fingerprint density at radius 2 is 1.66 bits per heavy atom. The molecule has 0 bridgehead atoms. The van der Waals surface area contributed by atoms with Crippen molar-refractivity contribution in [2.75, 3.05) is 6.61 Å². The summed E-state index contributed by atoms with van der Waals surface area (Å²) in [7, 11) is 0. The number of carbonyl (C=O) groups excluding carboxylic acids is 3. The molecular formula is C22H26N2O5. The van der Waals surface area contributed by atoms with Gasteiger partial charge in [0.1, 0.15) is 5.75 Å². The van der Waals surface area contributed by atoms with Gasteiger partial charge in [-0.25, -0.2) is 4.79 Å². The van der Waals surface area contributed by atoms with Crippen molar-refractivity contribution in [3.8, 4) is 5.75 Å². The highest BCUT2D eigenvalue weighted by molar-refractivity contribution is 5.95. The van der Waals surface area contributed by atoms with Crippen LogP contribution in [0.2, 0.25) is 0 Å². The van der Waals surface area contributed by atoms with Gasteiger partial charge in [0.25, 0.3) is 11.8 Å². The van der Waals surface area contributed by atoms with Crippen LogP contribution in [0.1, 0.15) is 48.2 Å². The van der Waals surface area contributed by atoms with E-state index in [-0.39, 0.29) is 6.61 Å². The molecule has 0 saturated heterocycles. The van der Waals surface area contributed by atoms with Gasteiger partial charge in [0.2, 0.25) is 0 Å². The molecule has 7 heteroatoms. The molecule has 0 heterocycles. The fourth-order valence-electron chi connectivity index (χ4n) is 2.43. The Balaban J connectivity index is 1.80. The van der Waals surface area contributed by atoms with Crippen molar-refractivity contribution in [2.24, 2.45) is 0 Å². The third-order valence-corrected chi connectivity index (χ3v) is 4.24. The second-order valence-electron chi connectivity index (χ2n) is 6.91. The number of amides is 2. The molecule has 1 atom stereocenters. The third kappa shape index (κ3) is 6.64. The van der Waals surface area contributed by atoms with Gasteiger partial charge in [0.05, 0.1) is 0 Å². The van der Waals surface area contributed by atoms with Crippen LogP contribution in [-0.2, 0) is 14.3 Å². The topological polar surface area (TPSA) is 93.7 Å². The van der Waals surface area contributed by atoms with Crippen molar-refractivity contribution in [3.63, 3.8) is 0 Å². The number of carbonyl (C=O) groups is 3. The molecule has 2 amide bonds. The molecule has 0 spiro atoms. The van der Waals surface area contributed by atoms with Crippen LogP contribution < -0.4 is 15.6 Å². The smallest absolute Gasteiger partial charge is 0.344 e. The number of ether oxygens (including phenoxy) is 2. The maximum Gasteiger partial charge on any atom is 0.344 e. The van der Waals surface area contributed by atoms with Crippen LogP contribution in [0.5, 0.6) is 5.75 Å². The van der Waals surface area contributed by atoms with Gasteiger partial charge in [-0.3, -0.25) is 20.4 Å². The van der Waals surface area contributed by atoms with Crippen molar-refractivity contribution in [3.05, 3.63) is 65.2 Å². The van der Waals surface area contributed by atoms with E-state index in [1.165, 1.54) is 6.92 Å². The van der Waals surface area contributed by atoms with Crippen LogP contribution >= 0.6 is 0 Å². The summed E-state index contributed by atoms with van der Waals surface area (Å²) in [5.74, 6) is -0.876. The summed E-state index contributed by atoms with van der Waals surface area (Å²) in [5, 5.41) is 0. The number of esters is 1. The molecule has 0 aliphatic heterocycles. The summed E-state index contributed by atoms with van der Waals surface area (Å²) < 4.78 is 10.6. The Morgan fingerprint density at radius 3 is 2.31 bits per heavy atom. The third-order valence-electron chi connectivity index (χ3n) is 4.24. The molecule has 0 aliphatic rings. The highest BCUT2D eigenvalue weighted by atomic mass is 16.6. The van der Waals surface area contributed by atoms with Crippen molar-refractivity contribution in [2.45, 2.75) is 39.7 Å². The molecule has 29 heavy (non-hydrogen) atoms. The number of hydrogen-bond donors (Lipinski definition) is 2. The zero-order valence-corrected chi connectivity index (χ0v) is 17.0. The number of hydrogen-bond acceptors (Lipinski definition) is 5. The maximum absolute atomic E-state index is 12.0. The molecule has 0 fully saturated rings. The molecule has 0 aromatic heterocycles. The van der Waals surface area contributed by atoms with Gasteiger partial charge < -0.3 is 9.47 Å². The Kier molecular flexibility index (Phi) is 7.77. The first kappa shape index (κ1) is 21.9. The summed E-state index contributed by atoms with van der Waals surface area (Å²) in [4.78, 5) is 35.9. The van der Waals surface area contributed by atoms with Crippen molar-refractivity contribution in [1.29, 1.82) is 0 Å². The monoisotopic (exact) mass is 398 g/mol. The predicted molar refractivity (Wildman–Crippen MR) is 108 cm³/mol. The minimum absolute atomic E-state index is 0.323. The van der Waals surface area contributed by atoms with E-state index in [0.717, 1.165) is 11.1 Å². The van der Waals surface area contributed by atoms with E-state index in [9.17, 15) is 14.4 Å². The lowest BCUT2D eigenvalue weighted by Crippen LogP contribution is -2.47. The minimum atomic E-state index is -1.09. The Labute approximate surface area is 170 Å². The largest absolute Gasteiger partial charge is 0.482 e. The van der Waals surface area contributed by atoms with Crippen molar-refractivity contribution in [1.82, 2.24) is 10.9 Å². The maximum atomic E-state index is 12.0. The summed E-state index contributed by atoms with van der Waals surface area (Å²) in [6.07, 6.45) is -1.09. The van der Waals surface area contributed by atoms with Gasteiger partial charge in [-0.2, -0.15) is 0 Å². The van der Waals surface area contributed by atoms with Gasteiger partial charge in [-0.15, -0.1) is 0 Å². The van der Waals surface area contributed by atoms with Crippen LogP contribution in [0.25, 0.3) is 0 Å². The molecule has 0 unspecified atom stereocenters. The van der Waals surface area contributed by atoms with E-state index in [4.69, 9.17) is 9.47 Å². The molecule has 2 rings (SSSR count). The molecular weight excluding hydrogens is 372 g/mol. The average molecular weight is 398 g/mol. The van der Waals surface area contributed by atoms with Crippen LogP contribution in [0.4, 0.5) is 0 Å². The van der Waals surface area contributed by atoms with E-state index in [1.807, 2.05) is 25.1 Å². The van der Waals surface area contributed by atoms with Gasteiger partial charge >= 0.3 is 5.97 Å². The molecule has 2 aromatic rings. The van der Waals surface area contributed by atoms with Gasteiger partial charge in [0, 0.05) is 5.56 Å². The summed E-state index contributed by atoms with van der Waals surface area (Å²) in [6, 6.07) is 14.3. The lowest BCUT2D eigenvalue weighted by Gasteiger charge is -2.15. The van der Waals surface area contributed by atoms with Crippen LogP contribution in [0, 0.1) is 6.92 Å². The van der Waals surface area contributed by atoms with Gasteiger partial charge in [-0.1, -0.05) is 44.2 Å². The normalized spacial score (nSPS) is 11.5. The number of benzene rings is 2. The Morgan fingerprint density at radius 1 is 0.966 bits per heavy atom.